The van der Waals surface area contributed by atoms with Crippen molar-refractivity contribution in [1.29, 1.82) is 0 Å². The summed E-state index contributed by atoms with van der Waals surface area (Å²) in [6.07, 6.45) is 5.00. The molecular weight excluding hydrogens is 254 g/mol. The van der Waals surface area contributed by atoms with E-state index in [4.69, 9.17) is 4.74 Å². The summed E-state index contributed by atoms with van der Waals surface area (Å²) < 4.78 is 4.89. The van der Waals surface area contributed by atoms with E-state index in [9.17, 15) is 9.59 Å². The third-order valence-electron chi connectivity index (χ3n) is 3.55. The van der Waals surface area contributed by atoms with Gasteiger partial charge >= 0.3 is 6.09 Å². The van der Waals surface area contributed by atoms with E-state index in [-0.39, 0.29) is 6.04 Å². The summed E-state index contributed by atoms with van der Waals surface area (Å²) in [5, 5.41) is 0. The number of hydrogen-bond acceptors (Lipinski definition) is 3. The van der Waals surface area contributed by atoms with Crippen LogP contribution < -0.4 is 4.90 Å². The molecule has 0 saturated heterocycles. The maximum atomic E-state index is 12.1. The highest BCUT2D eigenvalue weighted by molar-refractivity contribution is 5.99. The summed E-state index contributed by atoms with van der Waals surface area (Å²) in [6.45, 7) is 2.09. The third kappa shape index (κ3) is 2.59. The van der Waals surface area contributed by atoms with Gasteiger partial charge in [0.15, 0.2) is 0 Å². The Balaban J connectivity index is 2.48. The van der Waals surface area contributed by atoms with Crippen molar-refractivity contribution in [1.82, 2.24) is 0 Å². The molecule has 0 unspecified atom stereocenters. The molecule has 1 atom stereocenters. The van der Waals surface area contributed by atoms with Crippen LogP contribution in [0.1, 0.15) is 31.7 Å². The molecule has 0 fully saturated rings. The molecule has 0 spiro atoms. The fourth-order valence-electron chi connectivity index (χ4n) is 2.55. The SMILES string of the molecule is CCCC[C@@H]1C(C=O)=Cc2ccccc2N1C(=O)OC. The van der Waals surface area contributed by atoms with E-state index in [1.54, 1.807) is 4.90 Å². The van der Waals surface area contributed by atoms with Crippen molar-refractivity contribution < 1.29 is 14.3 Å². The molecule has 1 aliphatic rings. The zero-order valence-corrected chi connectivity index (χ0v) is 11.8. The first-order chi connectivity index (χ1) is 9.72. The van der Waals surface area contributed by atoms with E-state index in [2.05, 4.69) is 6.92 Å². The Kier molecular flexibility index (Phi) is 4.56. The van der Waals surface area contributed by atoms with E-state index in [1.807, 2.05) is 30.3 Å². The normalized spacial score (nSPS) is 17.2. The Morgan fingerprint density at radius 1 is 1.40 bits per heavy atom. The molecule has 1 aromatic rings. The Labute approximate surface area is 119 Å². The van der Waals surface area contributed by atoms with Gasteiger partial charge in [0.25, 0.3) is 0 Å². The molecule has 0 radical (unpaired) electrons. The number of unbranched alkanes of at least 4 members (excludes halogenated alkanes) is 1. The lowest BCUT2D eigenvalue weighted by atomic mass is 9.93. The molecule has 1 heterocycles. The summed E-state index contributed by atoms with van der Waals surface area (Å²) in [5.41, 5.74) is 2.29. The van der Waals surface area contributed by atoms with Crippen molar-refractivity contribution in [2.24, 2.45) is 0 Å². The number of benzene rings is 1. The molecule has 0 N–H and O–H groups in total. The van der Waals surface area contributed by atoms with Crippen molar-refractivity contribution >= 4 is 24.1 Å². The van der Waals surface area contributed by atoms with Crippen molar-refractivity contribution in [2.75, 3.05) is 12.0 Å². The van der Waals surface area contributed by atoms with Gasteiger partial charge in [0, 0.05) is 5.57 Å². The van der Waals surface area contributed by atoms with Gasteiger partial charge in [-0.3, -0.25) is 9.69 Å². The van der Waals surface area contributed by atoms with Gasteiger partial charge in [-0.2, -0.15) is 0 Å². The highest BCUT2D eigenvalue weighted by atomic mass is 16.5. The lowest BCUT2D eigenvalue weighted by Crippen LogP contribution is -2.44. The molecule has 1 aromatic carbocycles. The molecule has 2 rings (SSSR count). The molecule has 0 aliphatic carbocycles. The number of rotatable bonds is 4. The van der Waals surface area contributed by atoms with Gasteiger partial charge in [-0.05, 0) is 24.1 Å². The van der Waals surface area contributed by atoms with Crippen LogP contribution in [0.4, 0.5) is 10.5 Å². The van der Waals surface area contributed by atoms with Crippen LogP contribution in [0.3, 0.4) is 0 Å². The lowest BCUT2D eigenvalue weighted by molar-refractivity contribution is -0.105. The van der Waals surface area contributed by atoms with Crippen molar-refractivity contribution in [3.63, 3.8) is 0 Å². The fraction of sp³-hybridized carbons (Fsp3) is 0.375. The number of nitrogens with zero attached hydrogens (tertiary/aromatic N) is 1. The Morgan fingerprint density at radius 2 is 2.15 bits per heavy atom. The smallest absolute Gasteiger partial charge is 0.414 e. The average molecular weight is 273 g/mol. The van der Waals surface area contributed by atoms with E-state index < -0.39 is 6.09 Å². The summed E-state index contributed by atoms with van der Waals surface area (Å²) in [7, 11) is 1.36. The molecule has 0 bridgehead atoms. The molecular formula is C16H19NO3. The first-order valence-corrected chi connectivity index (χ1v) is 6.86. The van der Waals surface area contributed by atoms with Gasteiger partial charge in [0.05, 0.1) is 18.8 Å². The largest absolute Gasteiger partial charge is 0.452 e. The summed E-state index contributed by atoms with van der Waals surface area (Å²) in [6, 6.07) is 7.30. The fourth-order valence-corrected chi connectivity index (χ4v) is 2.55. The molecule has 0 aromatic heterocycles. The highest BCUT2D eigenvalue weighted by Crippen LogP contribution is 2.34. The lowest BCUT2D eigenvalue weighted by Gasteiger charge is -2.35. The van der Waals surface area contributed by atoms with Crippen molar-refractivity contribution in [3.8, 4) is 0 Å². The van der Waals surface area contributed by atoms with Gasteiger partial charge < -0.3 is 4.74 Å². The van der Waals surface area contributed by atoms with Crippen LogP contribution in [-0.2, 0) is 9.53 Å². The number of amides is 1. The first kappa shape index (κ1) is 14.3. The number of carbonyl (C=O) groups is 2. The van der Waals surface area contributed by atoms with Crippen LogP contribution in [0, 0.1) is 0 Å². The quantitative estimate of drug-likeness (QED) is 0.790. The van der Waals surface area contributed by atoms with Crippen molar-refractivity contribution in [2.45, 2.75) is 32.2 Å². The minimum Gasteiger partial charge on any atom is -0.452 e. The Morgan fingerprint density at radius 3 is 2.80 bits per heavy atom. The molecule has 106 valence electrons. The van der Waals surface area contributed by atoms with E-state index >= 15 is 0 Å². The standard InChI is InChI=1S/C16H19NO3/c1-3-4-8-15-13(11-18)10-12-7-5-6-9-14(12)17(15)16(19)20-2/h5-7,9-11,15H,3-4,8H2,1-2H3/t15-/m1/s1. The Bertz CT molecular complexity index is 536. The van der Waals surface area contributed by atoms with Crippen LogP contribution in [0.5, 0.6) is 0 Å². The third-order valence-corrected chi connectivity index (χ3v) is 3.55. The maximum absolute atomic E-state index is 12.1. The number of aldehydes is 1. The van der Waals surface area contributed by atoms with Crippen LogP contribution in [0.2, 0.25) is 0 Å². The molecule has 4 heteroatoms. The zero-order chi connectivity index (χ0) is 14.5. The van der Waals surface area contributed by atoms with Crippen LogP contribution >= 0.6 is 0 Å². The number of carbonyl (C=O) groups excluding carboxylic acids is 2. The van der Waals surface area contributed by atoms with Crippen LogP contribution in [0.15, 0.2) is 29.8 Å². The van der Waals surface area contributed by atoms with Gasteiger partial charge in [-0.25, -0.2) is 4.79 Å². The second-order valence-electron chi connectivity index (χ2n) is 4.82. The number of ether oxygens (including phenoxy) is 1. The first-order valence-electron chi connectivity index (χ1n) is 6.86. The second-order valence-corrected chi connectivity index (χ2v) is 4.82. The van der Waals surface area contributed by atoms with Gasteiger partial charge in [-0.1, -0.05) is 38.0 Å². The van der Waals surface area contributed by atoms with E-state index in [1.165, 1.54) is 7.11 Å². The number of hydrogen-bond donors (Lipinski definition) is 0. The van der Waals surface area contributed by atoms with E-state index in [0.29, 0.717) is 5.57 Å². The Hall–Kier alpha value is -2.10. The average Bonchev–Trinajstić information content (AvgIpc) is 2.50. The molecule has 20 heavy (non-hydrogen) atoms. The topological polar surface area (TPSA) is 46.6 Å². The summed E-state index contributed by atoms with van der Waals surface area (Å²) in [4.78, 5) is 25.1. The minimum absolute atomic E-state index is 0.241. The second kappa shape index (κ2) is 6.37. The van der Waals surface area contributed by atoms with Gasteiger partial charge in [0.1, 0.15) is 6.29 Å². The van der Waals surface area contributed by atoms with Gasteiger partial charge in [-0.15, -0.1) is 0 Å². The van der Waals surface area contributed by atoms with E-state index in [0.717, 1.165) is 36.8 Å². The molecule has 0 saturated carbocycles. The zero-order valence-electron chi connectivity index (χ0n) is 11.8. The minimum atomic E-state index is -0.425. The molecule has 1 amide bonds. The predicted molar refractivity (Wildman–Crippen MR) is 78.7 cm³/mol. The number of methoxy groups -OCH3 is 1. The molecule has 1 aliphatic heterocycles. The number of fused-ring (bicyclic) bond motifs is 1. The summed E-state index contributed by atoms with van der Waals surface area (Å²) >= 11 is 0. The maximum Gasteiger partial charge on any atom is 0.414 e. The number of anilines is 1. The van der Waals surface area contributed by atoms with Crippen LogP contribution in [-0.4, -0.2) is 25.5 Å². The predicted octanol–water partition coefficient (Wildman–Crippen LogP) is 3.41. The highest BCUT2D eigenvalue weighted by Gasteiger charge is 2.32. The van der Waals surface area contributed by atoms with Gasteiger partial charge in [0.2, 0.25) is 0 Å². The van der Waals surface area contributed by atoms with Crippen LogP contribution in [0.25, 0.3) is 6.08 Å². The monoisotopic (exact) mass is 273 g/mol. The van der Waals surface area contributed by atoms with Crippen molar-refractivity contribution in [3.05, 3.63) is 35.4 Å². The number of para-hydroxylation sites is 1. The molecule has 4 nitrogen and oxygen atoms in total. The summed E-state index contributed by atoms with van der Waals surface area (Å²) in [5.74, 6) is 0.